The molecule has 0 saturated carbocycles. The van der Waals surface area contributed by atoms with E-state index in [1.807, 2.05) is 61.4 Å². The van der Waals surface area contributed by atoms with Crippen LogP contribution in [0.25, 0.3) is 5.70 Å². The molecule has 0 fully saturated rings. The minimum absolute atomic E-state index is 0.156. The average Bonchev–Trinajstić information content (AvgIpc) is 3.13. The number of hydrazine groups is 1. The van der Waals surface area contributed by atoms with Gasteiger partial charge in [-0.2, -0.15) is 0 Å². The van der Waals surface area contributed by atoms with E-state index in [0.29, 0.717) is 18.1 Å². The SMILES string of the molecule is C=C(C1=CN(CC)NC1C=O)n1ccnc(Nc2cccc(N(C)C)c2)c1=N. The van der Waals surface area contributed by atoms with Gasteiger partial charge in [0, 0.05) is 61.9 Å². The standard InChI is InChI=1S/C20H25N7O/c1-5-26-12-17(18(13-28)24-26)14(2)27-10-9-22-20(19(27)21)23-15-7-6-8-16(11-15)25(3)4/h6-13,18,21,24H,2,5H2,1,3-4H3,(H,22,23). The van der Waals surface area contributed by atoms with Gasteiger partial charge < -0.3 is 20.0 Å². The number of nitrogens with zero attached hydrogens (tertiary/aromatic N) is 4. The second-order valence-corrected chi connectivity index (χ2v) is 6.62. The van der Waals surface area contributed by atoms with Gasteiger partial charge in [0.25, 0.3) is 0 Å². The molecule has 0 spiro atoms. The lowest BCUT2D eigenvalue weighted by molar-refractivity contribution is -0.109. The molecule has 1 aromatic carbocycles. The molecule has 1 aliphatic heterocycles. The summed E-state index contributed by atoms with van der Waals surface area (Å²) in [5.41, 5.74) is 6.39. The second-order valence-electron chi connectivity index (χ2n) is 6.62. The molecule has 3 rings (SSSR count). The zero-order valence-electron chi connectivity index (χ0n) is 16.3. The maximum atomic E-state index is 11.4. The Balaban J connectivity index is 1.91. The molecular formula is C20H25N7O. The smallest absolute Gasteiger partial charge is 0.173 e. The highest BCUT2D eigenvalue weighted by Gasteiger charge is 2.25. The molecule has 1 atom stereocenters. The third-order valence-electron chi connectivity index (χ3n) is 4.55. The van der Waals surface area contributed by atoms with Gasteiger partial charge in [-0.1, -0.05) is 12.6 Å². The summed E-state index contributed by atoms with van der Waals surface area (Å²) in [7, 11) is 3.94. The van der Waals surface area contributed by atoms with Crippen LogP contribution in [0.4, 0.5) is 17.2 Å². The number of nitrogens with one attached hydrogen (secondary N) is 3. The molecule has 8 heteroatoms. The molecule has 0 amide bonds. The van der Waals surface area contributed by atoms with Gasteiger partial charge in [0.1, 0.15) is 12.3 Å². The van der Waals surface area contributed by atoms with Crippen LogP contribution in [0.1, 0.15) is 6.92 Å². The molecule has 1 aliphatic rings. The Morgan fingerprint density at radius 2 is 2.25 bits per heavy atom. The summed E-state index contributed by atoms with van der Waals surface area (Å²) in [4.78, 5) is 17.7. The minimum Gasteiger partial charge on any atom is -0.378 e. The van der Waals surface area contributed by atoms with Gasteiger partial charge in [0.2, 0.25) is 0 Å². The first-order chi connectivity index (χ1) is 13.4. The molecule has 8 nitrogen and oxygen atoms in total. The quantitative estimate of drug-likeness (QED) is 0.637. The number of aromatic nitrogens is 2. The van der Waals surface area contributed by atoms with Crippen molar-refractivity contribution in [1.29, 1.82) is 5.41 Å². The van der Waals surface area contributed by atoms with E-state index in [4.69, 9.17) is 5.41 Å². The fourth-order valence-corrected chi connectivity index (χ4v) is 2.95. The molecular weight excluding hydrogens is 354 g/mol. The van der Waals surface area contributed by atoms with Crippen molar-refractivity contribution >= 4 is 29.2 Å². The van der Waals surface area contributed by atoms with Crippen LogP contribution in [-0.2, 0) is 4.79 Å². The minimum atomic E-state index is -0.485. The summed E-state index contributed by atoms with van der Waals surface area (Å²) < 4.78 is 1.62. The van der Waals surface area contributed by atoms with Crippen molar-refractivity contribution in [2.75, 3.05) is 30.9 Å². The predicted octanol–water partition coefficient (Wildman–Crippen LogP) is 1.93. The monoisotopic (exact) mass is 379 g/mol. The van der Waals surface area contributed by atoms with Crippen LogP contribution in [0.5, 0.6) is 0 Å². The maximum Gasteiger partial charge on any atom is 0.173 e. The summed E-state index contributed by atoms with van der Waals surface area (Å²) in [6, 6.07) is 7.37. The van der Waals surface area contributed by atoms with Crippen LogP contribution in [0.2, 0.25) is 0 Å². The van der Waals surface area contributed by atoms with E-state index in [9.17, 15) is 4.79 Å². The number of rotatable bonds is 7. The largest absolute Gasteiger partial charge is 0.378 e. The predicted molar refractivity (Wildman–Crippen MR) is 111 cm³/mol. The first kappa shape index (κ1) is 19.4. The van der Waals surface area contributed by atoms with Gasteiger partial charge in [-0.25, -0.2) is 10.4 Å². The van der Waals surface area contributed by atoms with E-state index in [0.717, 1.165) is 23.2 Å². The van der Waals surface area contributed by atoms with Crippen molar-refractivity contribution in [3.63, 3.8) is 0 Å². The molecule has 2 aromatic rings. The van der Waals surface area contributed by atoms with E-state index in [1.165, 1.54) is 0 Å². The maximum absolute atomic E-state index is 11.4. The molecule has 0 saturated heterocycles. The van der Waals surface area contributed by atoms with Crippen LogP contribution in [0.3, 0.4) is 0 Å². The van der Waals surface area contributed by atoms with Crippen molar-refractivity contribution in [1.82, 2.24) is 20.0 Å². The number of anilines is 3. The molecule has 1 aromatic heterocycles. The molecule has 0 aliphatic carbocycles. The Morgan fingerprint density at radius 3 is 2.93 bits per heavy atom. The van der Waals surface area contributed by atoms with E-state index in [-0.39, 0.29) is 5.49 Å². The summed E-state index contributed by atoms with van der Waals surface area (Å²) in [5.74, 6) is 0.404. The second kappa shape index (κ2) is 8.10. The van der Waals surface area contributed by atoms with Gasteiger partial charge in [0.15, 0.2) is 11.3 Å². The average molecular weight is 379 g/mol. The number of hydrogen-bond acceptors (Lipinski definition) is 7. The Morgan fingerprint density at radius 1 is 1.46 bits per heavy atom. The first-order valence-corrected chi connectivity index (χ1v) is 9.00. The van der Waals surface area contributed by atoms with Crippen molar-refractivity contribution in [2.24, 2.45) is 0 Å². The van der Waals surface area contributed by atoms with Crippen LogP contribution in [0.15, 0.2) is 55.0 Å². The lowest BCUT2D eigenvalue weighted by Gasteiger charge is -2.17. The van der Waals surface area contributed by atoms with E-state index < -0.39 is 6.04 Å². The molecule has 28 heavy (non-hydrogen) atoms. The topological polar surface area (TPSA) is 89.3 Å². The zero-order chi connectivity index (χ0) is 20.3. The third-order valence-corrected chi connectivity index (χ3v) is 4.55. The van der Waals surface area contributed by atoms with E-state index >= 15 is 0 Å². The molecule has 3 N–H and O–H groups in total. The number of hydrogen-bond donors (Lipinski definition) is 3. The van der Waals surface area contributed by atoms with Crippen LogP contribution in [-0.4, -0.2) is 47.5 Å². The summed E-state index contributed by atoms with van der Waals surface area (Å²) in [6.07, 6.45) is 5.97. The highest BCUT2D eigenvalue weighted by molar-refractivity contribution is 5.77. The Labute approximate surface area is 164 Å². The van der Waals surface area contributed by atoms with Gasteiger partial charge in [-0.15, -0.1) is 0 Å². The van der Waals surface area contributed by atoms with E-state index in [2.05, 4.69) is 22.3 Å². The molecule has 2 heterocycles. The van der Waals surface area contributed by atoms with Crippen LogP contribution < -0.4 is 21.1 Å². The van der Waals surface area contributed by atoms with Gasteiger partial charge in [0.05, 0.1) is 0 Å². The molecule has 146 valence electrons. The number of benzene rings is 1. The summed E-state index contributed by atoms with van der Waals surface area (Å²) >= 11 is 0. The molecule has 1 unspecified atom stereocenters. The summed E-state index contributed by atoms with van der Waals surface area (Å²) in [6.45, 7) is 6.80. The van der Waals surface area contributed by atoms with Crippen molar-refractivity contribution in [2.45, 2.75) is 13.0 Å². The zero-order valence-corrected chi connectivity index (χ0v) is 16.3. The Bertz CT molecular complexity index is 977. The van der Waals surface area contributed by atoms with Crippen molar-refractivity contribution in [3.05, 3.63) is 60.5 Å². The number of carbonyl (C=O) groups is 1. The fraction of sp³-hybridized carbons (Fsp3) is 0.250. The highest BCUT2D eigenvalue weighted by atomic mass is 16.1. The first-order valence-electron chi connectivity index (χ1n) is 9.00. The van der Waals surface area contributed by atoms with E-state index in [1.54, 1.807) is 17.0 Å². The van der Waals surface area contributed by atoms with Crippen molar-refractivity contribution < 1.29 is 4.79 Å². The molecule has 0 radical (unpaired) electrons. The van der Waals surface area contributed by atoms with Crippen molar-refractivity contribution in [3.8, 4) is 0 Å². The normalized spacial score (nSPS) is 15.9. The highest BCUT2D eigenvalue weighted by Crippen LogP contribution is 2.22. The lowest BCUT2D eigenvalue weighted by Crippen LogP contribution is -2.37. The fourth-order valence-electron chi connectivity index (χ4n) is 2.95. The Hall–Kier alpha value is -3.39. The Kier molecular flexibility index (Phi) is 5.60. The third kappa shape index (κ3) is 3.81. The van der Waals surface area contributed by atoms with Gasteiger partial charge >= 0.3 is 0 Å². The lowest BCUT2D eigenvalue weighted by atomic mass is 10.1. The number of carbonyl (C=O) groups excluding carboxylic acids is 1. The van der Waals surface area contributed by atoms with Gasteiger partial charge in [-0.05, 0) is 25.1 Å². The number of aldehydes is 1. The van der Waals surface area contributed by atoms with Crippen LogP contribution >= 0.6 is 0 Å². The van der Waals surface area contributed by atoms with Crippen LogP contribution in [0, 0.1) is 5.41 Å². The van der Waals surface area contributed by atoms with Gasteiger partial charge in [-0.3, -0.25) is 9.98 Å². The summed E-state index contributed by atoms with van der Waals surface area (Å²) in [5, 5.41) is 13.6. The molecule has 0 bridgehead atoms.